The summed E-state index contributed by atoms with van der Waals surface area (Å²) in [5.74, 6) is 0. The van der Waals surface area contributed by atoms with E-state index in [1.54, 1.807) is 6.20 Å². The highest BCUT2D eigenvalue weighted by molar-refractivity contribution is 6.00. The summed E-state index contributed by atoms with van der Waals surface area (Å²) in [5, 5.41) is 1.11. The summed E-state index contributed by atoms with van der Waals surface area (Å²) in [7, 11) is 0. The van der Waals surface area contributed by atoms with Crippen molar-refractivity contribution >= 4 is 28.0 Å². The quantitative estimate of drug-likeness (QED) is 0.732. The molecule has 0 bridgehead atoms. The molecule has 0 amide bonds. The van der Waals surface area contributed by atoms with Crippen molar-refractivity contribution < 1.29 is 0 Å². The first kappa shape index (κ1) is 12.2. The van der Waals surface area contributed by atoms with E-state index in [0.717, 1.165) is 28.7 Å². The molecule has 0 aliphatic carbocycles. The number of benzene rings is 2. The second-order valence-electron chi connectivity index (χ2n) is 5.63. The summed E-state index contributed by atoms with van der Waals surface area (Å²) in [6, 6.07) is 17.1. The number of nitrogens with two attached hydrogens (primary N) is 1. The van der Waals surface area contributed by atoms with Crippen molar-refractivity contribution in [2.75, 3.05) is 10.6 Å². The van der Waals surface area contributed by atoms with Gasteiger partial charge in [0.25, 0.3) is 0 Å². The van der Waals surface area contributed by atoms with Crippen LogP contribution in [0.4, 0.5) is 17.1 Å². The highest BCUT2D eigenvalue weighted by atomic mass is 15.2. The molecule has 0 fully saturated rings. The minimum absolute atomic E-state index is 0.399. The monoisotopic (exact) mass is 275 g/mol. The first-order valence-electron chi connectivity index (χ1n) is 7.26. The maximum Gasteiger partial charge on any atom is 0.0758 e. The third-order valence-electron chi connectivity index (χ3n) is 4.22. The molecule has 3 nitrogen and oxygen atoms in total. The normalized spacial score (nSPS) is 17.2. The van der Waals surface area contributed by atoms with Gasteiger partial charge in [-0.05, 0) is 31.0 Å². The molecule has 0 radical (unpaired) electrons. The second kappa shape index (κ2) is 4.48. The van der Waals surface area contributed by atoms with Gasteiger partial charge in [0.1, 0.15) is 0 Å². The molecular weight excluding hydrogens is 258 g/mol. The van der Waals surface area contributed by atoms with Gasteiger partial charge in [0.2, 0.25) is 0 Å². The Labute approximate surface area is 124 Å². The van der Waals surface area contributed by atoms with Crippen molar-refractivity contribution in [3.8, 4) is 0 Å². The predicted octanol–water partition coefficient (Wildman–Crippen LogP) is 3.90. The molecule has 1 aliphatic heterocycles. The number of pyridine rings is 1. The second-order valence-corrected chi connectivity index (χ2v) is 5.63. The first-order valence-corrected chi connectivity index (χ1v) is 7.26. The number of nitrogen functional groups attached to an aromatic ring is 1. The van der Waals surface area contributed by atoms with Crippen LogP contribution in [0.2, 0.25) is 0 Å². The van der Waals surface area contributed by atoms with Crippen LogP contribution in [0.5, 0.6) is 0 Å². The summed E-state index contributed by atoms with van der Waals surface area (Å²) in [4.78, 5) is 6.80. The van der Waals surface area contributed by atoms with Crippen LogP contribution in [0.15, 0.2) is 54.7 Å². The van der Waals surface area contributed by atoms with E-state index in [1.807, 2.05) is 18.2 Å². The summed E-state index contributed by atoms with van der Waals surface area (Å²) in [6.45, 7) is 2.24. The number of nitrogens with zero attached hydrogens (tertiary/aromatic N) is 2. The van der Waals surface area contributed by atoms with Crippen LogP contribution < -0.4 is 10.6 Å². The number of hydrogen-bond donors (Lipinski definition) is 1. The molecule has 21 heavy (non-hydrogen) atoms. The van der Waals surface area contributed by atoms with Crippen LogP contribution in [0, 0.1) is 0 Å². The zero-order valence-electron chi connectivity index (χ0n) is 12.0. The maximum absolute atomic E-state index is 6.28. The number of rotatable bonds is 1. The van der Waals surface area contributed by atoms with E-state index in [0.29, 0.717) is 6.04 Å². The van der Waals surface area contributed by atoms with Gasteiger partial charge in [0, 0.05) is 17.1 Å². The Balaban J connectivity index is 2.01. The van der Waals surface area contributed by atoms with E-state index < -0.39 is 0 Å². The Hall–Kier alpha value is -2.55. The third-order valence-corrected chi connectivity index (χ3v) is 4.22. The van der Waals surface area contributed by atoms with Crippen LogP contribution in [-0.2, 0) is 6.42 Å². The molecule has 1 aliphatic rings. The van der Waals surface area contributed by atoms with Gasteiger partial charge in [-0.3, -0.25) is 4.98 Å². The molecule has 0 saturated heterocycles. The van der Waals surface area contributed by atoms with E-state index >= 15 is 0 Å². The molecule has 2 N–H and O–H groups in total. The highest BCUT2D eigenvalue weighted by Gasteiger charge is 2.29. The van der Waals surface area contributed by atoms with Gasteiger partial charge in [-0.1, -0.05) is 36.4 Å². The molecule has 3 heteroatoms. The van der Waals surface area contributed by atoms with Crippen LogP contribution in [0.25, 0.3) is 10.9 Å². The van der Waals surface area contributed by atoms with Gasteiger partial charge < -0.3 is 10.6 Å². The molecule has 0 spiro atoms. The minimum atomic E-state index is 0.399. The number of para-hydroxylation sites is 2. The highest BCUT2D eigenvalue weighted by Crippen LogP contribution is 2.43. The molecule has 1 unspecified atom stereocenters. The van der Waals surface area contributed by atoms with Crippen LogP contribution >= 0.6 is 0 Å². The summed E-state index contributed by atoms with van der Waals surface area (Å²) in [5.41, 5.74) is 11.7. The van der Waals surface area contributed by atoms with Gasteiger partial charge in [-0.25, -0.2) is 0 Å². The van der Waals surface area contributed by atoms with Crippen molar-refractivity contribution in [2.45, 2.75) is 19.4 Å². The zero-order valence-corrected chi connectivity index (χ0v) is 12.0. The van der Waals surface area contributed by atoms with Gasteiger partial charge in [-0.15, -0.1) is 0 Å². The van der Waals surface area contributed by atoms with Gasteiger partial charge in [0.05, 0.1) is 23.1 Å². The summed E-state index contributed by atoms with van der Waals surface area (Å²) < 4.78 is 0. The molecule has 104 valence electrons. The smallest absolute Gasteiger partial charge is 0.0758 e. The first-order chi connectivity index (χ1) is 10.3. The average molecular weight is 275 g/mol. The molecule has 1 atom stereocenters. The van der Waals surface area contributed by atoms with Crippen molar-refractivity contribution in [3.05, 3.63) is 60.3 Å². The molecule has 0 saturated carbocycles. The maximum atomic E-state index is 6.28. The molecule has 2 heterocycles. The van der Waals surface area contributed by atoms with Gasteiger partial charge in [0.15, 0.2) is 0 Å². The topological polar surface area (TPSA) is 42.1 Å². The largest absolute Gasteiger partial charge is 0.396 e. The Bertz CT molecular complexity index is 826. The SMILES string of the molecule is CC1Cc2ccccc2N1c1c(N)cnc2ccccc12. The fraction of sp³-hybridized carbons (Fsp3) is 0.167. The van der Waals surface area contributed by atoms with Crippen molar-refractivity contribution in [1.29, 1.82) is 0 Å². The molecule has 2 aromatic carbocycles. The fourth-order valence-corrected chi connectivity index (χ4v) is 3.32. The van der Waals surface area contributed by atoms with Crippen LogP contribution in [0.1, 0.15) is 12.5 Å². The summed E-state index contributed by atoms with van der Waals surface area (Å²) in [6.07, 6.45) is 2.82. The van der Waals surface area contributed by atoms with E-state index in [4.69, 9.17) is 5.73 Å². The van der Waals surface area contributed by atoms with Crippen LogP contribution in [0.3, 0.4) is 0 Å². The van der Waals surface area contributed by atoms with Crippen molar-refractivity contribution in [2.24, 2.45) is 0 Å². The van der Waals surface area contributed by atoms with E-state index in [1.165, 1.54) is 11.3 Å². The predicted molar refractivity (Wildman–Crippen MR) is 87.9 cm³/mol. The Morgan fingerprint density at radius 3 is 2.76 bits per heavy atom. The van der Waals surface area contributed by atoms with Crippen molar-refractivity contribution in [1.82, 2.24) is 4.98 Å². The Morgan fingerprint density at radius 1 is 1.10 bits per heavy atom. The van der Waals surface area contributed by atoms with Crippen LogP contribution in [-0.4, -0.2) is 11.0 Å². The van der Waals surface area contributed by atoms with Gasteiger partial charge in [-0.2, -0.15) is 0 Å². The summed E-state index contributed by atoms with van der Waals surface area (Å²) >= 11 is 0. The minimum Gasteiger partial charge on any atom is -0.396 e. The number of anilines is 3. The Kier molecular flexibility index (Phi) is 2.61. The van der Waals surface area contributed by atoms with Gasteiger partial charge >= 0.3 is 0 Å². The molecule has 4 rings (SSSR count). The number of aromatic nitrogens is 1. The standard InChI is InChI=1S/C18H17N3/c1-12-10-13-6-2-5-9-17(13)21(12)18-14-7-3-4-8-16(14)20-11-15(18)19/h2-9,11-12H,10,19H2,1H3. The lowest BCUT2D eigenvalue weighted by atomic mass is 10.1. The molecular formula is C18H17N3. The molecule has 1 aromatic heterocycles. The Morgan fingerprint density at radius 2 is 1.86 bits per heavy atom. The number of hydrogen-bond acceptors (Lipinski definition) is 3. The van der Waals surface area contributed by atoms with E-state index in [9.17, 15) is 0 Å². The lowest BCUT2D eigenvalue weighted by Gasteiger charge is -2.27. The van der Waals surface area contributed by atoms with E-state index in [2.05, 4.69) is 47.1 Å². The lowest BCUT2D eigenvalue weighted by molar-refractivity contribution is 0.761. The zero-order chi connectivity index (χ0) is 14.4. The lowest BCUT2D eigenvalue weighted by Crippen LogP contribution is -2.25. The number of fused-ring (bicyclic) bond motifs is 2. The fourth-order valence-electron chi connectivity index (χ4n) is 3.32. The van der Waals surface area contributed by atoms with E-state index in [-0.39, 0.29) is 0 Å². The average Bonchev–Trinajstić information content (AvgIpc) is 2.83. The third kappa shape index (κ3) is 1.77. The molecule has 3 aromatic rings. The van der Waals surface area contributed by atoms with Crippen molar-refractivity contribution in [3.63, 3.8) is 0 Å².